The van der Waals surface area contributed by atoms with Gasteiger partial charge in [-0.25, -0.2) is 11.6 Å². The molecular weight excluding hydrogens is 152 g/mol. The summed E-state index contributed by atoms with van der Waals surface area (Å²) in [5.74, 6) is 0.598. The summed E-state index contributed by atoms with van der Waals surface area (Å²) in [6.07, 6.45) is 0. The molecule has 0 radical (unpaired) electrons. The average Bonchev–Trinajstić information content (AvgIpc) is 2.09. The molecule has 1 heterocycles. The molecule has 1 aromatic rings. The Balaban J connectivity index is 2.97. The van der Waals surface area contributed by atoms with Crippen LogP contribution in [0.3, 0.4) is 0 Å². The number of pyridine rings is 1. The van der Waals surface area contributed by atoms with Gasteiger partial charge < -0.3 is 9.58 Å². The molecule has 0 fully saturated rings. The van der Waals surface area contributed by atoms with Gasteiger partial charge in [-0.05, 0) is 13.0 Å². The zero-order valence-corrected chi connectivity index (χ0v) is 7.16. The number of aryl methyl sites for hydroxylation is 1. The lowest BCUT2D eigenvalue weighted by Gasteiger charge is -2.01. The van der Waals surface area contributed by atoms with E-state index >= 15 is 0 Å². The normalized spacial score (nSPS) is 9.08. The molecule has 0 bridgehead atoms. The lowest BCUT2D eigenvalue weighted by Crippen LogP contribution is -1.93. The maximum Gasteiger partial charge on any atom is 0.241 e. The van der Waals surface area contributed by atoms with E-state index in [2.05, 4.69) is 9.83 Å². The molecular formula is C9H10N2O. The third kappa shape index (κ3) is 1.73. The van der Waals surface area contributed by atoms with Gasteiger partial charge in [-0.15, -0.1) is 0 Å². The fraction of sp³-hybridized carbons (Fsp3) is 0.333. The predicted molar refractivity (Wildman–Crippen MR) is 45.8 cm³/mol. The molecule has 0 saturated heterocycles. The molecule has 3 nitrogen and oxygen atoms in total. The second kappa shape index (κ2) is 3.72. The molecule has 0 aliphatic carbocycles. The molecule has 0 N–H and O–H groups in total. The van der Waals surface area contributed by atoms with Crippen molar-refractivity contribution in [1.82, 2.24) is 4.98 Å². The summed E-state index contributed by atoms with van der Waals surface area (Å²) in [6, 6.07) is 3.65. The van der Waals surface area contributed by atoms with Crippen molar-refractivity contribution >= 4 is 0 Å². The quantitative estimate of drug-likeness (QED) is 0.620. The van der Waals surface area contributed by atoms with E-state index in [0.717, 1.165) is 11.3 Å². The first kappa shape index (κ1) is 8.54. The monoisotopic (exact) mass is 162 g/mol. The minimum absolute atomic E-state index is 0.392. The highest BCUT2D eigenvalue weighted by Gasteiger charge is 2.02. The number of rotatable bonds is 2. The Hall–Kier alpha value is -1.56. The summed E-state index contributed by atoms with van der Waals surface area (Å²) in [5.41, 5.74) is 1.83. The summed E-state index contributed by atoms with van der Waals surface area (Å²) in [4.78, 5) is 7.44. The maximum absolute atomic E-state index is 6.70. The van der Waals surface area contributed by atoms with Crippen LogP contribution in [0.25, 0.3) is 4.85 Å². The minimum atomic E-state index is 0.392. The van der Waals surface area contributed by atoms with Gasteiger partial charge in [0, 0.05) is 6.07 Å². The zero-order valence-electron chi connectivity index (χ0n) is 7.16. The van der Waals surface area contributed by atoms with Crippen molar-refractivity contribution < 1.29 is 4.74 Å². The largest absolute Gasteiger partial charge is 0.481 e. The Bertz CT molecular complexity index is 315. The topological polar surface area (TPSA) is 26.5 Å². The predicted octanol–water partition coefficient (Wildman–Crippen LogP) is 1.82. The summed E-state index contributed by atoms with van der Waals surface area (Å²) >= 11 is 0. The zero-order chi connectivity index (χ0) is 8.97. The van der Waals surface area contributed by atoms with Crippen LogP contribution in [-0.2, 0) is 6.54 Å². The van der Waals surface area contributed by atoms with Crippen LogP contribution in [0.1, 0.15) is 11.3 Å². The van der Waals surface area contributed by atoms with Crippen LogP contribution in [-0.4, -0.2) is 12.1 Å². The Morgan fingerprint density at radius 1 is 1.58 bits per heavy atom. The average molecular weight is 162 g/mol. The van der Waals surface area contributed by atoms with Crippen LogP contribution < -0.4 is 4.74 Å². The van der Waals surface area contributed by atoms with Crippen LogP contribution in [0, 0.1) is 13.5 Å². The second-order valence-corrected chi connectivity index (χ2v) is 2.41. The number of aromatic nitrogens is 1. The van der Waals surface area contributed by atoms with Crippen molar-refractivity contribution in [3.05, 3.63) is 34.8 Å². The molecule has 0 aromatic carbocycles. The Labute approximate surface area is 71.8 Å². The summed E-state index contributed by atoms with van der Waals surface area (Å²) in [6.45, 7) is 8.97. The molecule has 0 saturated carbocycles. The smallest absolute Gasteiger partial charge is 0.241 e. The molecule has 62 valence electrons. The molecule has 0 atom stereocenters. The van der Waals surface area contributed by atoms with E-state index in [0.29, 0.717) is 12.4 Å². The fourth-order valence-corrected chi connectivity index (χ4v) is 0.933. The molecule has 0 unspecified atom stereocenters. The van der Waals surface area contributed by atoms with Crippen LogP contribution in [0.15, 0.2) is 12.1 Å². The fourth-order valence-electron chi connectivity index (χ4n) is 0.933. The first-order chi connectivity index (χ1) is 5.77. The van der Waals surface area contributed by atoms with E-state index in [9.17, 15) is 0 Å². The van der Waals surface area contributed by atoms with Crippen LogP contribution in [0.5, 0.6) is 5.88 Å². The van der Waals surface area contributed by atoms with Crippen molar-refractivity contribution in [3.63, 3.8) is 0 Å². The highest BCUT2D eigenvalue weighted by Crippen LogP contribution is 2.12. The van der Waals surface area contributed by atoms with Gasteiger partial charge in [0.15, 0.2) is 0 Å². The van der Waals surface area contributed by atoms with Crippen molar-refractivity contribution in [1.29, 1.82) is 0 Å². The standard InChI is InChI=1S/C9H10N2O/c1-7-8(6-10-2)4-5-9(11-7)12-3/h4-5H,6H2,1,3H3. The molecule has 0 aliphatic rings. The Kier molecular flexibility index (Phi) is 2.65. The van der Waals surface area contributed by atoms with Crippen LogP contribution in [0.2, 0.25) is 0 Å². The third-order valence-electron chi connectivity index (χ3n) is 1.63. The number of hydrogen-bond acceptors (Lipinski definition) is 2. The van der Waals surface area contributed by atoms with E-state index in [1.54, 1.807) is 13.2 Å². The Morgan fingerprint density at radius 3 is 2.83 bits per heavy atom. The van der Waals surface area contributed by atoms with E-state index in [-0.39, 0.29) is 0 Å². The van der Waals surface area contributed by atoms with E-state index < -0.39 is 0 Å². The van der Waals surface area contributed by atoms with E-state index in [4.69, 9.17) is 11.3 Å². The van der Waals surface area contributed by atoms with Crippen molar-refractivity contribution in [2.24, 2.45) is 0 Å². The van der Waals surface area contributed by atoms with Gasteiger partial charge in [0.25, 0.3) is 0 Å². The van der Waals surface area contributed by atoms with Gasteiger partial charge in [-0.1, -0.05) is 0 Å². The lowest BCUT2D eigenvalue weighted by molar-refractivity contribution is 0.396. The van der Waals surface area contributed by atoms with Gasteiger partial charge in [0.05, 0.1) is 18.4 Å². The van der Waals surface area contributed by atoms with E-state index in [1.165, 1.54) is 0 Å². The molecule has 0 amide bonds. The molecule has 12 heavy (non-hydrogen) atoms. The van der Waals surface area contributed by atoms with Gasteiger partial charge in [0.1, 0.15) is 0 Å². The number of ether oxygens (including phenoxy) is 1. The number of hydrogen-bond donors (Lipinski definition) is 0. The van der Waals surface area contributed by atoms with Crippen molar-refractivity contribution in [2.45, 2.75) is 13.5 Å². The SMILES string of the molecule is [C-]#[N+]Cc1ccc(OC)nc1C. The van der Waals surface area contributed by atoms with E-state index in [1.807, 2.05) is 13.0 Å². The highest BCUT2D eigenvalue weighted by molar-refractivity contribution is 5.25. The molecule has 3 heteroatoms. The van der Waals surface area contributed by atoms with Crippen LogP contribution in [0.4, 0.5) is 0 Å². The summed E-state index contributed by atoms with van der Waals surface area (Å²) < 4.78 is 4.94. The highest BCUT2D eigenvalue weighted by atomic mass is 16.5. The first-order valence-corrected chi connectivity index (χ1v) is 3.61. The molecule has 1 aromatic heterocycles. The summed E-state index contributed by atoms with van der Waals surface area (Å²) in [5, 5.41) is 0. The number of methoxy groups -OCH3 is 1. The Morgan fingerprint density at radius 2 is 2.33 bits per heavy atom. The molecule has 1 rings (SSSR count). The molecule has 0 aliphatic heterocycles. The summed E-state index contributed by atoms with van der Waals surface area (Å²) in [7, 11) is 1.58. The first-order valence-electron chi connectivity index (χ1n) is 3.61. The van der Waals surface area contributed by atoms with Crippen molar-refractivity contribution in [3.8, 4) is 5.88 Å². The van der Waals surface area contributed by atoms with Gasteiger partial charge >= 0.3 is 0 Å². The van der Waals surface area contributed by atoms with Gasteiger partial charge in [-0.2, -0.15) is 0 Å². The second-order valence-electron chi connectivity index (χ2n) is 2.41. The maximum atomic E-state index is 6.70. The number of nitrogens with zero attached hydrogens (tertiary/aromatic N) is 2. The van der Waals surface area contributed by atoms with Crippen LogP contribution >= 0.6 is 0 Å². The third-order valence-corrected chi connectivity index (χ3v) is 1.63. The van der Waals surface area contributed by atoms with Gasteiger partial charge in [0.2, 0.25) is 12.4 Å². The minimum Gasteiger partial charge on any atom is -0.481 e. The molecule has 0 spiro atoms. The van der Waals surface area contributed by atoms with Gasteiger partial charge in [-0.3, -0.25) is 0 Å². The lowest BCUT2D eigenvalue weighted by atomic mass is 10.2. The van der Waals surface area contributed by atoms with Crippen molar-refractivity contribution in [2.75, 3.05) is 7.11 Å².